The maximum Gasteiger partial charge on any atom is 0.340 e. The first-order valence-corrected chi connectivity index (χ1v) is 6.01. The molecule has 21 heavy (non-hydrogen) atoms. The number of aromatic carboxylic acids is 1. The monoisotopic (exact) mass is 285 g/mol. The van der Waals surface area contributed by atoms with Crippen LogP contribution in [-0.2, 0) is 0 Å². The third-order valence-corrected chi connectivity index (χ3v) is 3.11. The molecule has 0 radical (unpaired) electrons. The average molecular weight is 285 g/mol. The summed E-state index contributed by atoms with van der Waals surface area (Å²) in [7, 11) is 1.62. The maximum absolute atomic E-state index is 13.5. The van der Waals surface area contributed by atoms with Crippen molar-refractivity contribution >= 4 is 23.0 Å². The number of rotatable bonds is 3. The number of nitrogens with zero attached hydrogens (tertiary/aromatic N) is 2. The Balaban J connectivity index is 2.58. The van der Waals surface area contributed by atoms with Gasteiger partial charge in [-0.15, -0.1) is 0 Å². The normalized spacial score (nSPS) is 9.95. The maximum atomic E-state index is 13.5. The summed E-state index contributed by atoms with van der Waals surface area (Å²) in [5, 5.41) is 18.1. The summed E-state index contributed by atoms with van der Waals surface area (Å²) in [5.41, 5.74) is 6.08. The molecule has 0 saturated heterocycles. The topological polar surface area (TPSA) is 90.4 Å². The van der Waals surface area contributed by atoms with Crippen molar-refractivity contribution in [2.45, 2.75) is 0 Å². The van der Waals surface area contributed by atoms with E-state index in [0.29, 0.717) is 11.3 Å². The summed E-state index contributed by atoms with van der Waals surface area (Å²) < 4.78 is 13.5. The lowest BCUT2D eigenvalue weighted by Gasteiger charge is -2.22. The van der Waals surface area contributed by atoms with E-state index in [2.05, 4.69) is 0 Å². The summed E-state index contributed by atoms with van der Waals surface area (Å²) in [5.74, 6) is -2.10. The first kappa shape index (κ1) is 14.3. The molecule has 0 heterocycles. The number of hydrogen-bond acceptors (Lipinski definition) is 4. The highest BCUT2D eigenvalue weighted by Crippen LogP contribution is 2.32. The lowest BCUT2D eigenvalue weighted by Crippen LogP contribution is -2.16. The molecule has 2 aromatic rings. The predicted molar refractivity (Wildman–Crippen MR) is 77.0 cm³/mol. The zero-order valence-corrected chi connectivity index (χ0v) is 11.2. The van der Waals surface area contributed by atoms with E-state index < -0.39 is 17.5 Å². The van der Waals surface area contributed by atoms with E-state index >= 15 is 0 Å². The first-order chi connectivity index (χ1) is 9.95. The van der Waals surface area contributed by atoms with E-state index in [0.717, 1.165) is 6.07 Å². The Hall–Kier alpha value is -3.07. The van der Waals surface area contributed by atoms with Gasteiger partial charge in [0, 0.05) is 12.7 Å². The zero-order valence-electron chi connectivity index (χ0n) is 11.2. The van der Waals surface area contributed by atoms with Gasteiger partial charge in [-0.1, -0.05) is 6.07 Å². The standard InChI is InChI=1S/C15H12FN3O2/c1-19(10-4-2-3-9(7-10)8-17)12-6-5-11(16)14(18)13(12)15(20)21/h2-7H,18H2,1H3,(H,20,21). The van der Waals surface area contributed by atoms with Gasteiger partial charge in [-0.3, -0.25) is 0 Å². The molecule has 0 fully saturated rings. The predicted octanol–water partition coefficient (Wildman–Crippen LogP) is 2.75. The smallest absolute Gasteiger partial charge is 0.340 e. The molecule has 2 rings (SSSR count). The van der Waals surface area contributed by atoms with E-state index in [9.17, 15) is 14.3 Å². The molecule has 0 aliphatic heterocycles. The zero-order chi connectivity index (χ0) is 15.6. The Morgan fingerprint density at radius 3 is 2.71 bits per heavy atom. The number of hydrogen-bond donors (Lipinski definition) is 2. The molecule has 0 atom stereocenters. The largest absolute Gasteiger partial charge is 0.478 e. The number of carboxylic acids is 1. The van der Waals surface area contributed by atoms with Crippen molar-refractivity contribution in [1.82, 2.24) is 0 Å². The third kappa shape index (κ3) is 2.62. The van der Waals surface area contributed by atoms with Crippen molar-refractivity contribution < 1.29 is 14.3 Å². The molecule has 0 aliphatic carbocycles. The van der Waals surface area contributed by atoms with E-state index in [1.807, 2.05) is 6.07 Å². The third-order valence-electron chi connectivity index (χ3n) is 3.11. The van der Waals surface area contributed by atoms with Gasteiger partial charge in [0.25, 0.3) is 0 Å². The quantitative estimate of drug-likeness (QED) is 0.846. The molecule has 2 aromatic carbocycles. The number of anilines is 3. The summed E-state index contributed by atoms with van der Waals surface area (Å²) in [4.78, 5) is 12.9. The molecule has 0 saturated carbocycles. The second-order valence-corrected chi connectivity index (χ2v) is 4.38. The van der Waals surface area contributed by atoms with Gasteiger partial charge in [-0.2, -0.15) is 5.26 Å². The van der Waals surface area contributed by atoms with Crippen molar-refractivity contribution in [3.8, 4) is 6.07 Å². The van der Waals surface area contributed by atoms with E-state index in [-0.39, 0.29) is 11.3 Å². The van der Waals surface area contributed by atoms with Gasteiger partial charge in [0.05, 0.1) is 23.0 Å². The molecule has 0 amide bonds. The number of carboxylic acid groups (broad SMARTS) is 1. The van der Waals surface area contributed by atoms with Crippen LogP contribution in [0, 0.1) is 17.1 Å². The van der Waals surface area contributed by atoms with E-state index in [1.165, 1.54) is 6.07 Å². The van der Waals surface area contributed by atoms with Crippen LogP contribution in [0.25, 0.3) is 0 Å². The highest BCUT2D eigenvalue weighted by molar-refractivity contribution is 6.01. The Morgan fingerprint density at radius 2 is 2.10 bits per heavy atom. The molecule has 0 aliphatic rings. The van der Waals surface area contributed by atoms with Crippen LogP contribution in [0.15, 0.2) is 36.4 Å². The average Bonchev–Trinajstić information content (AvgIpc) is 2.48. The Bertz CT molecular complexity index is 753. The van der Waals surface area contributed by atoms with Crippen LogP contribution in [0.5, 0.6) is 0 Å². The van der Waals surface area contributed by atoms with E-state index in [4.69, 9.17) is 11.0 Å². The minimum absolute atomic E-state index is 0.247. The van der Waals surface area contributed by atoms with Crippen molar-refractivity contribution in [1.29, 1.82) is 5.26 Å². The molecule has 0 bridgehead atoms. The van der Waals surface area contributed by atoms with Crippen molar-refractivity contribution in [2.24, 2.45) is 0 Å². The van der Waals surface area contributed by atoms with Gasteiger partial charge in [-0.05, 0) is 30.3 Å². The molecule has 3 N–H and O–H groups in total. The molecule has 6 heteroatoms. The summed E-state index contributed by atoms with van der Waals surface area (Å²) in [6, 6.07) is 11.1. The number of halogens is 1. The van der Waals surface area contributed by atoms with Gasteiger partial charge in [0.2, 0.25) is 0 Å². The SMILES string of the molecule is CN(c1cccc(C#N)c1)c1ccc(F)c(N)c1C(=O)O. The van der Waals surface area contributed by atoms with Crippen LogP contribution in [0.1, 0.15) is 15.9 Å². The van der Waals surface area contributed by atoms with Crippen LogP contribution >= 0.6 is 0 Å². The number of nitrogens with two attached hydrogens (primary N) is 1. The Kier molecular flexibility index (Phi) is 3.76. The number of benzene rings is 2. The van der Waals surface area contributed by atoms with Gasteiger partial charge in [0.15, 0.2) is 0 Å². The molecule has 5 nitrogen and oxygen atoms in total. The molecular formula is C15H12FN3O2. The highest BCUT2D eigenvalue weighted by atomic mass is 19.1. The van der Waals surface area contributed by atoms with Gasteiger partial charge >= 0.3 is 5.97 Å². The Morgan fingerprint density at radius 1 is 1.38 bits per heavy atom. The van der Waals surface area contributed by atoms with Crippen LogP contribution < -0.4 is 10.6 Å². The lowest BCUT2D eigenvalue weighted by molar-refractivity contribution is 0.0698. The van der Waals surface area contributed by atoms with Crippen molar-refractivity contribution in [2.75, 3.05) is 17.7 Å². The summed E-state index contributed by atoms with van der Waals surface area (Å²) in [6.45, 7) is 0. The molecule has 0 spiro atoms. The fourth-order valence-corrected chi connectivity index (χ4v) is 2.01. The van der Waals surface area contributed by atoms with Crippen LogP contribution in [0.3, 0.4) is 0 Å². The van der Waals surface area contributed by atoms with Crippen LogP contribution in [0.4, 0.5) is 21.5 Å². The minimum atomic E-state index is -1.31. The van der Waals surface area contributed by atoms with Gasteiger partial charge in [-0.25, -0.2) is 9.18 Å². The Labute approximate surface area is 120 Å². The highest BCUT2D eigenvalue weighted by Gasteiger charge is 2.20. The minimum Gasteiger partial charge on any atom is -0.478 e. The van der Waals surface area contributed by atoms with Gasteiger partial charge < -0.3 is 15.7 Å². The van der Waals surface area contributed by atoms with Crippen molar-refractivity contribution in [3.05, 3.63) is 53.3 Å². The fourth-order valence-electron chi connectivity index (χ4n) is 2.01. The fraction of sp³-hybridized carbons (Fsp3) is 0.0667. The van der Waals surface area contributed by atoms with Crippen LogP contribution in [-0.4, -0.2) is 18.1 Å². The molecule has 0 unspecified atom stereocenters. The summed E-state index contributed by atoms with van der Waals surface area (Å²) in [6.07, 6.45) is 0. The summed E-state index contributed by atoms with van der Waals surface area (Å²) >= 11 is 0. The lowest BCUT2D eigenvalue weighted by atomic mass is 10.1. The molecule has 106 valence electrons. The first-order valence-electron chi connectivity index (χ1n) is 6.01. The van der Waals surface area contributed by atoms with Crippen LogP contribution in [0.2, 0.25) is 0 Å². The molecular weight excluding hydrogens is 273 g/mol. The number of nitrogen functional groups attached to an aromatic ring is 1. The van der Waals surface area contributed by atoms with Crippen molar-refractivity contribution in [3.63, 3.8) is 0 Å². The molecule has 0 aromatic heterocycles. The van der Waals surface area contributed by atoms with E-state index in [1.54, 1.807) is 36.2 Å². The second-order valence-electron chi connectivity index (χ2n) is 4.38. The number of nitriles is 1. The number of carbonyl (C=O) groups is 1. The van der Waals surface area contributed by atoms with Gasteiger partial charge in [0.1, 0.15) is 11.4 Å². The second kappa shape index (κ2) is 5.51.